The highest BCUT2D eigenvalue weighted by molar-refractivity contribution is 6.06. The Morgan fingerprint density at radius 1 is 1.16 bits per heavy atom. The first kappa shape index (κ1) is 19.8. The molecule has 1 fully saturated rings. The SMILES string of the molecule is COC1(C=CCOc2ccc3c(-c4ccco4)c4c(cc3c2)C(=O)OC4)CCOCC1. The van der Waals surface area contributed by atoms with Crippen LogP contribution in [-0.2, 0) is 20.8 Å². The summed E-state index contributed by atoms with van der Waals surface area (Å²) in [7, 11) is 1.74. The van der Waals surface area contributed by atoms with Gasteiger partial charge in [-0.15, -0.1) is 0 Å². The molecule has 1 saturated heterocycles. The van der Waals surface area contributed by atoms with Crippen molar-refractivity contribution in [2.75, 3.05) is 26.9 Å². The largest absolute Gasteiger partial charge is 0.490 e. The number of cyclic esters (lactones) is 1. The summed E-state index contributed by atoms with van der Waals surface area (Å²) in [4.78, 5) is 12.2. The third-order valence-corrected chi connectivity index (χ3v) is 6.07. The number of furan rings is 1. The number of hydrogen-bond donors (Lipinski definition) is 0. The molecule has 5 rings (SSSR count). The Bertz CT molecular complexity index is 1120. The van der Waals surface area contributed by atoms with Crippen LogP contribution in [0.3, 0.4) is 0 Å². The molecule has 0 atom stereocenters. The van der Waals surface area contributed by atoms with Crippen molar-refractivity contribution in [1.29, 1.82) is 0 Å². The molecule has 2 aliphatic rings. The Kier molecular flexibility index (Phi) is 5.26. The van der Waals surface area contributed by atoms with Gasteiger partial charge in [-0.05, 0) is 53.2 Å². The second-order valence-electron chi connectivity index (χ2n) is 7.81. The van der Waals surface area contributed by atoms with Crippen LogP contribution < -0.4 is 4.74 Å². The Labute approximate surface area is 180 Å². The second-order valence-corrected chi connectivity index (χ2v) is 7.81. The maximum absolute atomic E-state index is 12.2. The van der Waals surface area contributed by atoms with Gasteiger partial charge in [-0.3, -0.25) is 0 Å². The molecular formula is C25H24O6. The third-order valence-electron chi connectivity index (χ3n) is 6.07. The maximum Gasteiger partial charge on any atom is 0.338 e. The summed E-state index contributed by atoms with van der Waals surface area (Å²) in [5.41, 5.74) is 2.07. The lowest BCUT2D eigenvalue weighted by Gasteiger charge is -2.33. The number of carbonyl (C=O) groups is 1. The summed E-state index contributed by atoms with van der Waals surface area (Å²) >= 11 is 0. The number of esters is 1. The van der Waals surface area contributed by atoms with Crippen LogP contribution in [0.25, 0.3) is 22.1 Å². The van der Waals surface area contributed by atoms with Crippen LogP contribution >= 0.6 is 0 Å². The van der Waals surface area contributed by atoms with Crippen LogP contribution in [0, 0.1) is 0 Å². The van der Waals surface area contributed by atoms with Crippen LogP contribution in [0.5, 0.6) is 5.75 Å². The lowest BCUT2D eigenvalue weighted by molar-refractivity contribution is -0.0588. The van der Waals surface area contributed by atoms with Crippen molar-refractivity contribution in [2.24, 2.45) is 0 Å². The summed E-state index contributed by atoms with van der Waals surface area (Å²) in [5, 5.41) is 1.90. The van der Waals surface area contributed by atoms with Gasteiger partial charge >= 0.3 is 5.97 Å². The number of rotatable bonds is 6. The summed E-state index contributed by atoms with van der Waals surface area (Å²) in [6.45, 7) is 2.09. The quantitative estimate of drug-likeness (QED) is 0.417. The van der Waals surface area contributed by atoms with E-state index in [0.29, 0.717) is 25.4 Å². The Balaban J connectivity index is 1.41. The zero-order chi connectivity index (χ0) is 21.3. The van der Waals surface area contributed by atoms with E-state index in [1.165, 1.54) is 0 Å². The Morgan fingerprint density at radius 2 is 2.03 bits per heavy atom. The van der Waals surface area contributed by atoms with Crippen molar-refractivity contribution in [1.82, 2.24) is 0 Å². The second kappa shape index (κ2) is 8.21. The van der Waals surface area contributed by atoms with E-state index in [1.807, 2.05) is 42.5 Å². The lowest BCUT2D eigenvalue weighted by Crippen LogP contribution is -2.36. The molecule has 0 saturated carbocycles. The molecule has 0 spiro atoms. The zero-order valence-corrected chi connectivity index (χ0v) is 17.4. The average Bonchev–Trinajstić information content (AvgIpc) is 3.46. The average molecular weight is 420 g/mol. The van der Waals surface area contributed by atoms with E-state index in [1.54, 1.807) is 13.4 Å². The zero-order valence-electron chi connectivity index (χ0n) is 17.4. The van der Waals surface area contributed by atoms with Gasteiger partial charge < -0.3 is 23.4 Å². The van der Waals surface area contributed by atoms with E-state index >= 15 is 0 Å². The highest BCUT2D eigenvalue weighted by Crippen LogP contribution is 2.39. The number of hydrogen-bond acceptors (Lipinski definition) is 6. The molecular weight excluding hydrogens is 396 g/mol. The first-order valence-electron chi connectivity index (χ1n) is 10.4. The molecule has 0 unspecified atom stereocenters. The first-order chi connectivity index (χ1) is 15.2. The van der Waals surface area contributed by atoms with Crippen molar-refractivity contribution in [3.63, 3.8) is 0 Å². The highest BCUT2D eigenvalue weighted by Gasteiger charge is 2.29. The smallest absolute Gasteiger partial charge is 0.338 e. The van der Waals surface area contributed by atoms with Gasteiger partial charge in [0.15, 0.2) is 0 Å². The van der Waals surface area contributed by atoms with Gasteiger partial charge in [0.05, 0.1) is 17.4 Å². The minimum absolute atomic E-state index is 0.259. The first-order valence-corrected chi connectivity index (χ1v) is 10.4. The van der Waals surface area contributed by atoms with Gasteiger partial charge in [0.1, 0.15) is 24.7 Å². The fourth-order valence-corrected chi connectivity index (χ4v) is 4.33. The Morgan fingerprint density at radius 3 is 2.81 bits per heavy atom. The predicted octanol–water partition coefficient (Wildman–Crippen LogP) is 4.90. The number of carbonyl (C=O) groups excluding carboxylic acids is 1. The van der Waals surface area contributed by atoms with Crippen molar-refractivity contribution in [3.8, 4) is 17.1 Å². The van der Waals surface area contributed by atoms with Gasteiger partial charge in [0.25, 0.3) is 0 Å². The van der Waals surface area contributed by atoms with Crippen molar-refractivity contribution in [3.05, 3.63) is 65.9 Å². The summed E-state index contributed by atoms with van der Waals surface area (Å²) in [5.74, 6) is 1.14. The summed E-state index contributed by atoms with van der Waals surface area (Å²) in [6, 6.07) is 11.5. The molecule has 6 nitrogen and oxygen atoms in total. The molecule has 0 N–H and O–H groups in total. The minimum Gasteiger partial charge on any atom is -0.490 e. The number of methoxy groups -OCH3 is 1. The van der Waals surface area contributed by atoms with Gasteiger partial charge in [0.2, 0.25) is 0 Å². The van der Waals surface area contributed by atoms with E-state index in [9.17, 15) is 4.79 Å². The molecule has 0 radical (unpaired) electrons. The molecule has 31 heavy (non-hydrogen) atoms. The van der Waals surface area contributed by atoms with Crippen LogP contribution in [0.15, 0.2) is 59.2 Å². The molecule has 0 aliphatic carbocycles. The molecule has 160 valence electrons. The van der Waals surface area contributed by atoms with E-state index in [0.717, 1.165) is 46.3 Å². The molecule has 6 heteroatoms. The number of fused-ring (bicyclic) bond motifs is 2. The van der Waals surface area contributed by atoms with Gasteiger partial charge in [-0.25, -0.2) is 4.79 Å². The normalized spacial score (nSPS) is 17.8. The van der Waals surface area contributed by atoms with Gasteiger partial charge in [-0.2, -0.15) is 0 Å². The monoisotopic (exact) mass is 420 g/mol. The van der Waals surface area contributed by atoms with Gasteiger partial charge in [0, 0.05) is 44.3 Å². The summed E-state index contributed by atoms with van der Waals surface area (Å²) in [6.07, 6.45) is 7.38. The fraction of sp³-hybridized carbons (Fsp3) is 0.320. The topological polar surface area (TPSA) is 67.1 Å². The molecule has 0 bridgehead atoms. The minimum atomic E-state index is -0.305. The van der Waals surface area contributed by atoms with Crippen molar-refractivity contribution >= 4 is 16.7 Å². The molecule has 1 aromatic heterocycles. The molecule has 2 aromatic carbocycles. The van der Waals surface area contributed by atoms with E-state index in [4.69, 9.17) is 23.4 Å². The predicted molar refractivity (Wildman–Crippen MR) is 115 cm³/mol. The fourth-order valence-electron chi connectivity index (χ4n) is 4.33. The van der Waals surface area contributed by atoms with Crippen LogP contribution in [0.4, 0.5) is 0 Å². The van der Waals surface area contributed by atoms with Gasteiger partial charge in [-0.1, -0.05) is 6.08 Å². The highest BCUT2D eigenvalue weighted by atomic mass is 16.5. The molecule has 0 amide bonds. The van der Waals surface area contributed by atoms with Crippen LogP contribution in [0.1, 0.15) is 28.8 Å². The van der Waals surface area contributed by atoms with Crippen molar-refractivity contribution < 1.29 is 28.2 Å². The number of ether oxygens (including phenoxy) is 4. The van der Waals surface area contributed by atoms with E-state index in [2.05, 4.69) is 6.08 Å². The van der Waals surface area contributed by atoms with E-state index in [-0.39, 0.29) is 18.2 Å². The molecule has 3 heterocycles. The van der Waals surface area contributed by atoms with E-state index < -0.39 is 0 Å². The van der Waals surface area contributed by atoms with Crippen LogP contribution in [0.2, 0.25) is 0 Å². The number of benzene rings is 2. The molecule has 2 aliphatic heterocycles. The standard InChI is InChI=1S/C25H24O6/c1-27-25(8-12-28-13-9-25)7-3-11-29-18-5-6-19-17(14-18)15-20-21(16-31-24(20)26)23(19)22-4-2-10-30-22/h2-7,10,14-15H,8-9,11-13,16H2,1H3. The third kappa shape index (κ3) is 3.73. The maximum atomic E-state index is 12.2. The lowest BCUT2D eigenvalue weighted by atomic mass is 9.93. The molecule has 3 aromatic rings. The summed E-state index contributed by atoms with van der Waals surface area (Å²) < 4.78 is 28.0. The Hall–Kier alpha value is -3.09. The van der Waals surface area contributed by atoms with Crippen LogP contribution in [-0.4, -0.2) is 38.5 Å². The van der Waals surface area contributed by atoms with Crippen molar-refractivity contribution in [2.45, 2.75) is 25.0 Å².